The molecule has 2 amide bonds. The molecule has 0 aliphatic heterocycles. The molecule has 1 aromatic carbocycles. The topological polar surface area (TPSA) is 109 Å². The molecule has 0 heterocycles. The zero-order valence-corrected chi connectivity index (χ0v) is 10.4. The minimum atomic E-state index is -1.15. The highest BCUT2D eigenvalue weighted by Crippen LogP contribution is 2.12. The molecule has 0 spiro atoms. The summed E-state index contributed by atoms with van der Waals surface area (Å²) in [5.74, 6) is -3.17. The van der Waals surface area contributed by atoms with Crippen LogP contribution in [0.5, 0.6) is 0 Å². The monoisotopic (exact) mass is 280 g/mol. The van der Waals surface area contributed by atoms with Gasteiger partial charge >= 0.3 is 5.97 Å². The van der Waals surface area contributed by atoms with E-state index in [-0.39, 0.29) is 18.5 Å². The van der Waals surface area contributed by atoms with Crippen molar-refractivity contribution in [3.05, 3.63) is 41.2 Å². The number of carbonyl (C=O) groups is 3. The quantitative estimate of drug-likeness (QED) is 0.660. The molecule has 0 bridgehead atoms. The lowest BCUT2D eigenvalue weighted by molar-refractivity contribution is -0.131. The van der Waals surface area contributed by atoms with Crippen LogP contribution < -0.4 is 11.1 Å². The van der Waals surface area contributed by atoms with Gasteiger partial charge in [0.15, 0.2) is 0 Å². The molecule has 106 valence electrons. The maximum absolute atomic E-state index is 13.5. The number of aliphatic carboxylic acids is 1. The van der Waals surface area contributed by atoms with E-state index >= 15 is 0 Å². The van der Waals surface area contributed by atoms with Crippen LogP contribution in [0.15, 0.2) is 24.3 Å². The number of carboxylic acids is 1. The van der Waals surface area contributed by atoms with E-state index in [4.69, 9.17) is 10.8 Å². The third-order valence-electron chi connectivity index (χ3n) is 2.31. The standard InChI is InChI=1S/C13H13FN2O4/c14-10-3-1-8(2-4-12(18)19)7-9(10)13(20)16-6-5-11(15)17/h1-4,7H,5-6H2,(H2,15,17)(H,16,20)(H,18,19). The van der Waals surface area contributed by atoms with Crippen molar-refractivity contribution in [3.63, 3.8) is 0 Å². The number of benzene rings is 1. The lowest BCUT2D eigenvalue weighted by Gasteiger charge is -2.06. The number of hydrogen-bond acceptors (Lipinski definition) is 3. The third kappa shape index (κ3) is 4.89. The molecular formula is C13H13FN2O4. The van der Waals surface area contributed by atoms with Crippen molar-refractivity contribution < 1.29 is 23.9 Å². The van der Waals surface area contributed by atoms with Gasteiger partial charge in [0, 0.05) is 19.0 Å². The zero-order valence-electron chi connectivity index (χ0n) is 10.4. The molecule has 0 atom stereocenters. The van der Waals surface area contributed by atoms with E-state index in [1.807, 2.05) is 0 Å². The van der Waals surface area contributed by atoms with Crippen molar-refractivity contribution in [2.45, 2.75) is 6.42 Å². The first-order valence-corrected chi connectivity index (χ1v) is 5.67. The van der Waals surface area contributed by atoms with Gasteiger partial charge in [-0.3, -0.25) is 9.59 Å². The molecule has 1 aromatic rings. The second-order valence-corrected chi connectivity index (χ2v) is 3.88. The van der Waals surface area contributed by atoms with Crippen LogP contribution in [-0.4, -0.2) is 29.4 Å². The molecular weight excluding hydrogens is 267 g/mol. The van der Waals surface area contributed by atoms with Crippen LogP contribution in [0, 0.1) is 5.82 Å². The van der Waals surface area contributed by atoms with Gasteiger partial charge in [-0.05, 0) is 23.8 Å². The van der Waals surface area contributed by atoms with E-state index in [2.05, 4.69) is 5.32 Å². The van der Waals surface area contributed by atoms with Gasteiger partial charge in [-0.15, -0.1) is 0 Å². The Labute approximate surface area is 114 Å². The fourth-order valence-corrected chi connectivity index (χ4v) is 1.38. The Bertz CT molecular complexity index is 569. The van der Waals surface area contributed by atoms with Gasteiger partial charge in [-0.25, -0.2) is 9.18 Å². The van der Waals surface area contributed by atoms with Crippen LogP contribution in [0.4, 0.5) is 4.39 Å². The van der Waals surface area contributed by atoms with Crippen LogP contribution in [0.2, 0.25) is 0 Å². The Morgan fingerprint density at radius 2 is 2.05 bits per heavy atom. The maximum Gasteiger partial charge on any atom is 0.328 e. The van der Waals surface area contributed by atoms with Gasteiger partial charge in [0.2, 0.25) is 5.91 Å². The first kappa shape index (κ1) is 15.4. The van der Waals surface area contributed by atoms with Gasteiger partial charge in [-0.1, -0.05) is 6.07 Å². The highest BCUT2D eigenvalue weighted by Gasteiger charge is 2.11. The van der Waals surface area contributed by atoms with Gasteiger partial charge in [0.25, 0.3) is 5.91 Å². The summed E-state index contributed by atoms with van der Waals surface area (Å²) in [5.41, 5.74) is 5.05. The zero-order chi connectivity index (χ0) is 15.1. The van der Waals surface area contributed by atoms with Gasteiger partial charge in [0.1, 0.15) is 5.82 Å². The van der Waals surface area contributed by atoms with Gasteiger partial charge in [0.05, 0.1) is 5.56 Å². The summed E-state index contributed by atoms with van der Waals surface area (Å²) in [7, 11) is 0. The van der Waals surface area contributed by atoms with Crippen LogP contribution >= 0.6 is 0 Å². The first-order valence-electron chi connectivity index (χ1n) is 5.67. The molecule has 7 heteroatoms. The Morgan fingerprint density at radius 3 is 2.65 bits per heavy atom. The van der Waals surface area contributed by atoms with Crippen molar-refractivity contribution >= 4 is 23.9 Å². The Morgan fingerprint density at radius 1 is 1.35 bits per heavy atom. The largest absolute Gasteiger partial charge is 0.478 e. The summed E-state index contributed by atoms with van der Waals surface area (Å²) < 4.78 is 13.5. The first-order chi connectivity index (χ1) is 9.40. The number of rotatable bonds is 6. The van der Waals surface area contributed by atoms with Crippen LogP contribution in [0.25, 0.3) is 6.08 Å². The summed E-state index contributed by atoms with van der Waals surface area (Å²) in [5, 5.41) is 10.8. The summed E-state index contributed by atoms with van der Waals surface area (Å²) >= 11 is 0. The smallest absolute Gasteiger partial charge is 0.328 e. The van der Waals surface area contributed by atoms with Gasteiger partial charge < -0.3 is 16.2 Å². The van der Waals surface area contributed by atoms with Crippen LogP contribution in [0.1, 0.15) is 22.3 Å². The predicted molar refractivity (Wildman–Crippen MR) is 69.2 cm³/mol. The maximum atomic E-state index is 13.5. The summed E-state index contributed by atoms with van der Waals surface area (Å²) in [4.78, 5) is 32.6. The van der Waals surface area contributed by atoms with Crippen molar-refractivity contribution in [2.24, 2.45) is 5.73 Å². The van der Waals surface area contributed by atoms with E-state index in [9.17, 15) is 18.8 Å². The van der Waals surface area contributed by atoms with E-state index in [0.717, 1.165) is 12.1 Å². The molecule has 0 aliphatic carbocycles. The third-order valence-corrected chi connectivity index (χ3v) is 2.31. The number of primary amides is 1. The highest BCUT2D eigenvalue weighted by atomic mass is 19.1. The molecule has 0 radical (unpaired) electrons. The molecule has 0 saturated heterocycles. The van der Waals surface area contributed by atoms with Crippen molar-refractivity contribution in [2.75, 3.05) is 6.54 Å². The van der Waals surface area contributed by atoms with Crippen LogP contribution in [0.3, 0.4) is 0 Å². The fourth-order valence-electron chi connectivity index (χ4n) is 1.38. The van der Waals surface area contributed by atoms with Gasteiger partial charge in [-0.2, -0.15) is 0 Å². The normalized spacial score (nSPS) is 10.4. The van der Waals surface area contributed by atoms with Crippen molar-refractivity contribution in [1.29, 1.82) is 0 Å². The number of amides is 2. The lowest BCUT2D eigenvalue weighted by Crippen LogP contribution is -2.28. The van der Waals surface area contributed by atoms with Crippen molar-refractivity contribution in [3.8, 4) is 0 Å². The molecule has 6 nitrogen and oxygen atoms in total. The molecule has 0 fully saturated rings. The van der Waals surface area contributed by atoms with Crippen LogP contribution in [-0.2, 0) is 9.59 Å². The minimum Gasteiger partial charge on any atom is -0.478 e. The summed E-state index contributed by atoms with van der Waals surface area (Å²) in [6.45, 7) is 0.00278. The summed E-state index contributed by atoms with van der Waals surface area (Å²) in [6, 6.07) is 3.62. The Hall–Kier alpha value is -2.70. The Balaban J connectivity index is 2.82. The minimum absolute atomic E-state index is 0.00278. The van der Waals surface area contributed by atoms with E-state index in [0.29, 0.717) is 5.56 Å². The second kappa shape index (κ2) is 7.03. The molecule has 0 aliphatic rings. The molecule has 20 heavy (non-hydrogen) atoms. The number of halogens is 1. The molecule has 4 N–H and O–H groups in total. The summed E-state index contributed by atoms with van der Waals surface area (Å²) in [6.07, 6.45) is 2.07. The van der Waals surface area contributed by atoms with E-state index < -0.39 is 23.6 Å². The lowest BCUT2D eigenvalue weighted by atomic mass is 10.1. The van der Waals surface area contributed by atoms with E-state index in [1.165, 1.54) is 18.2 Å². The molecule has 0 saturated carbocycles. The van der Waals surface area contributed by atoms with Crippen molar-refractivity contribution in [1.82, 2.24) is 5.32 Å². The highest BCUT2D eigenvalue weighted by molar-refractivity contribution is 5.95. The molecule has 0 unspecified atom stereocenters. The average molecular weight is 280 g/mol. The molecule has 1 rings (SSSR count). The molecule has 0 aromatic heterocycles. The predicted octanol–water partition coefficient (Wildman–Crippen LogP) is 0.529. The number of nitrogens with two attached hydrogens (primary N) is 1. The average Bonchev–Trinajstić information content (AvgIpc) is 2.37. The second-order valence-electron chi connectivity index (χ2n) is 3.88. The Kier molecular flexibility index (Phi) is 5.40. The number of nitrogens with one attached hydrogen (secondary N) is 1. The SMILES string of the molecule is NC(=O)CCNC(=O)c1cc(C=CC(=O)O)ccc1F. The fraction of sp³-hybridized carbons (Fsp3) is 0.154. The number of carbonyl (C=O) groups excluding carboxylic acids is 2. The van der Waals surface area contributed by atoms with E-state index in [1.54, 1.807) is 0 Å². The number of hydrogen-bond donors (Lipinski definition) is 3. The number of carboxylic acid groups (broad SMARTS) is 1.